The first kappa shape index (κ1) is 39.7. The van der Waals surface area contributed by atoms with Crippen LogP contribution in [0, 0.1) is 26.2 Å². The zero-order valence-corrected chi connectivity index (χ0v) is 32.6. The topological polar surface area (TPSA) is 164 Å². The van der Waals surface area contributed by atoms with Gasteiger partial charge in [0.1, 0.15) is 18.3 Å². The number of anilines is 1. The second-order valence-electron chi connectivity index (χ2n) is 14.1. The molecule has 13 heteroatoms. The minimum atomic E-state index is -0.617. The number of aromatic nitrogens is 4. The minimum Gasteiger partial charge on any atom is -0.459 e. The van der Waals surface area contributed by atoms with E-state index in [1.54, 1.807) is 4.90 Å². The molecule has 0 aliphatic carbocycles. The number of imidazole rings is 1. The number of aryl methyl sites for hydroxylation is 3. The van der Waals surface area contributed by atoms with E-state index in [4.69, 9.17) is 19.9 Å². The number of rotatable bonds is 15. The molecule has 0 spiro atoms. The van der Waals surface area contributed by atoms with E-state index >= 15 is 0 Å². The Morgan fingerprint density at radius 2 is 1.64 bits per heavy atom. The molecule has 0 radical (unpaired) electrons. The maximum absolute atomic E-state index is 14.1. The van der Waals surface area contributed by atoms with Crippen LogP contribution in [0.5, 0.6) is 0 Å². The number of hydrogen-bond acceptors (Lipinski definition) is 10. The number of unbranched alkanes of at least 4 members (excludes halogenated alkanes) is 3. The van der Waals surface area contributed by atoms with Gasteiger partial charge < -0.3 is 24.3 Å². The summed E-state index contributed by atoms with van der Waals surface area (Å²) in [7, 11) is 0. The molecule has 2 aromatic heterocycles. The van der Waals surface area contributed by atoms with Gasteiger partial charge in [-0.05, 0) is 69.5 Å². The van der Waals surface area contributed by atoms with Crippen molar-refractivity contribution >= 4 is 40.5 Å². The van der Waals surface area contributed by atoms with Gasteiger partial charge in [-0.1, -0.05) is 68.7 Å². The molecule has 56 heavy (non-hydrogen) atoms. The van der Waals surface area contributed by atoms with E-state index in [1.165, 1.54) is 0 Å². The number of nitrogens with one attached hydrogen (secondary N) is 3. The fourth-order valence-electron chi connectivity index (χ4n) is 6.77. The molecule has 1 atom stereocenters. The fourth-order valence-corrected chi connectivity index (χ4v) is 6.77. The van der Waals surface area contributed by atoms with Crippen molar-refractivity contribution in [1.82, 2.24) is 30.2 Å². The minimum absolute atomic E-state index is 0.00329. The molecule has 0 saturated carbocycles. The van der Waals surface area contributed by atoms with Crippen molar-refractivity contribution in [3.8, 4) is 0 Å². The van der Waals surface area contributed by atoms with Crippen LogP contribution in [0.4, 0.5) is 10.5 Å². The number of nitrogens with zero attached hydrogens (tertiary/aromatic N) is 5. The van der Waals surface area contributed by atoms with E-state index in [-0.39, 0.29) is 37.4 Å². The summed E-state index contributed by atoms with van der Waals surface area (Å²) in [5.41, 5.74) is 7.37. The van der Waals surface area contributed by atoms with Crippen LogP contribution in [-0.4, -0.2) is 63.0 Å². The van der Waals surface area contributed by atoms with Crippen LogP contribution >= 0.6 is 0 Å². The molecule has 0 saturated heterocycles. The number of alkyl carbamates (subject to hydrolysis) is 1. The number of benzene rings is 3. The van der Waals surface area contributed by atoms with E-state index in [0.29, 0.717) is 41.1 Å². The van der Waals surface area contributed by atoms with Gasteiger partial charge in [0.15, 0.2) is 0 Å². The molecule has 292 valence electrons. The number of amidine groups is 1. The van der Waals surface area contributed by atoms with Crippen molar-refractivity contribution in [2.24, 2.45) is 0 Å². The van der Waals surface area contributed by atoms with Crippen molar-refractivity contribution in [2.75, 3.05) is 24.6 Å². The molecule has 1 unspecified atom stereocenters. The van der Waals surface area contributed by atoms with E-state index in [0.717, 1.165) is 72.8 Å². The molecule has 2 amide bonds. The van der Waals surface area contributed by atoms with Crippen LogP contribution in [0.3, 0.4) is 0 Å². The molecule has 1 aliphatic rings. The average Bonchev–Trinajstić information content (AvgIpc) is 3.58. The van der Waals surface area contributed by atoms with Crippen molar-refractivity contribution in [1.29, 1.82) is 5.41 Å². The van der Waals surface area contributed by atoms with Crippen molar-refractivity contribution in [3.05, 3.63) is 118 Å². The highest BCUT2D eigenvalue weighted by molar-refractivity contribution is 6.08. The van der Waals surface area contributed by atoms with Gasteiger partial charge in [0.05, 0.1) is 52.9 Å². The molecular formula is C43H50N8O5. The van der Waals surface area contributed by atoms with E-state index in [1.807, 2.05) is 93.6 Å². The van der Waals surface area contributed by atoms with Crippen molar-refractivity contribution in [3.63, 3.8) is 0 Å². The normalized spacial score (nSPS) is 13.5. The number of carbonyl (C=O) groups excluding carboxylic acids is 3. The summed E-state index contributed by atoms with van der Waals surface area (Å²) in [6, 6.07) is 22.3. The van der Waals surface area contributed by atoms with Crippen LogP contribution in [0.15, 0.2) is 72.8 Å². The Labute approximate surface area is 327 Å². The zero-order chi connectivity index (χ0) is 39.6. The molecule has 1 aliphatic heterocycles. The summed E-state index contributed by atoms with van der Waals surface area (Å²) < 4.78 is 13.0. The van der Waals surface area contributed by atoms with Crippen LogP contribution in [0.25, 0.3) is 11.0 Å². The largest absolute Gasteiger partial charge is 0.459 e. The van der Waals surface area contributed by atoms with Gasteiger partial charge in [-0.3, -0.25) is 30.3 Å². The number of fused-ring (bicyclic) bond motifs is 3. The lowest BCUT2D eigenvalue weighted by atomic mass is 10.0. The van der Waals surface area contributed by atoms with E-state index < -0.39 is 12.1 Å². The monoisotopic (exact) mass is 758 g/mol. The second-order valence-corrected chi connectivity index (χ2v) is 14.1. The van der Waals surface area contributed by atoms with Gasteiger partial charge in [-0.2, -0.15) is 0 Å². The average molecular weight is 759 g/mol. The molecule has 5 aromatic rings. The van der Waals surface area contributed by atoms with Gasteiger partial charge in [0, 0.05) is 36.4 Å². The number of para-hydroxylation sites is 1. The zero-order valence-electron chi connectivity index (χ0n) is 32.6. The number of amides is 2. The first-order valence-electron chi connectivity index (χ1n) is 19.3. The summed E-state index contributed by atoms with van der Waals surface area (Å²) in [6.07, 6.45) is 4.07. The molecular weight excluding hydrogens is 709 g/mol. The number of carbonyl (C=O) groups is 3. The lowest BCUT2D eigenvalue weighted by molar-refractivity contribution is -0.144. The standard InChI is InChI=1S/C43H50N8O5/c1-5-6-7-11-24-55-43(54)49-40(44)32-16-14-31(15-17-32)25-36-41-48-35-26-33(18-19-38(35)51(41)23-21-45-36)42(53)50(34-12-9-8-10-13-34)22-20-39(52)56-27-37-30(4)46-28(2)29(3)47-37/h8-10,12-19,26,36,45H,5-7,11,20-25,27H2,1-4H3,(H2,44,49,54). The molecule has 3 heterocycles. The van der Waals surface area contributed by atoms with Gasteiger partial charge in [0.25, 0.3) is 5.91 Å². The van der Waals surface area contributed by atoms with Crippen LogP contribution in [0.2, 0.25) is 0 Å². The fraction of sp³-hybridized carbons (Fsp3) is 0.372. The van der Waals surface area contributed by atoms with E-state index in [9.17, 15) is 14.4 Å². The number of esters is 1. The van der Waals surface area contributed by atoms with Crippen molar-refractivity contribution in [2.45, 2.75) is 85.4 Å². The van der Waals surface area contributed by atoms with Gasteiger partial charge in [-0.15, -0.1) is 0 Å². The smallest absolute Gasteiger partial charge is 0.412 e. The summed E-state index contributed by atoms with van der Waals surface area (Å²) >= 11 is 0. The third kappa shape index (κ3) is 9.82. The molecule has 0 bridgehead atoms. The van der Waals surface area contributed by atoms with E-state index in [2.05, 4.69) is 32.1 Å². The number of hydrogen-bond donors (Lipinski definition) is 3. The predicted octanol–water partition coefficient (Wildman–Crippen LogP) is 7.05. The lowest BCUT2D eigenvalue weighted by Gasteiger charge is -2.25. The Kier molecular flexibility index (Phi) is 13.2. The number of ether oxygens (including phenoxy) is 2. The highest BCUT2D eigenvalue weighted by atomic mass is 16.5. The Balaban J connectivity index is 1.11. The summed E-state index contributed by atoms with van der Waals surface area (Å²) in [6.45, 7) is 9.70. The summed E-state index contributed by atoms with van der Waals surface area (Å²) in [5, 5.41) is 14.4. The Bertz CT molecular complexity index is 2180. The maximum Gasteiger partial charge on any atom is 0.412 e. The maximum atomic E-state index is 14.1. The second kappa shape index (κ2) is 18.6. The Morgan fingerprint density at radius 1 is 0.893 bits per heavy atom. The Morgan fingerprint density at radius 3 is 2.41 bits per heavy atom. The molecule has 6 rings (SSSR count). The molecule has 3 N–H and O–H groups in total. The Hall–Kier alpha value is -5.95. The highest BCUT2D eigenvalue weighted by Crippen LogP contribution is 2.28. The van der Waals surface area contributed by atoms with Crippen LogP contribution in [0.1, 0.15) is 95.2 Å². The SMILES string of the molecule is CCCCCCOC(=O)NC(=N)c1ccc(CC2NCCn3c2nc2cc(C(=O)N(CCC(=O)OCc4nc(C)c(C)nc4C)c4ccccc4)ccc23)cc1. The summed E-state index contributed by atoms with van der Waals surface area (Å²) in [4.78, 5) is 54.8. The van der Waals surface area contributed by atoms with Crippen LogP contribution < -0.4 is 15.5 Å². The third-order valence-corrected chi connectivity index (χ3v) is 10.0. The summed E-state index contributed by atoms with van der Waals surface area (Å²) in [5.74, 6) is 0.180. The lowest BCUT2D eigenvalue weighted by Crippen LogP contribution is -2.35. The van der Waals surface area contributed by atoms with Gasteiger partial charge in [-0.25, -0.2) is 9.78 Å². The quantitative estimate of drug-likeness (QED) is 0.0439. The first-order valence-corrected chi connectivity index (χ1v) is 19.3. The highest BCUT2D eigenvalue weighted by Gasteiger charge is 2.26. The first-order chi connectivity index (χ1) is 27.1. The predicted molar refractivity (Wildman–Crippen MR) is 215 cm³/mol. The third-order valence-electron chi connectivity index (χ3n) is 10.0. The molecule has 0 fully saturated rings. The molecule has 13 nitrogen and oxygen atoms in total. The van der Waals surface area contributed by atoms with Gasteiger partial charge >= 0.3 is 12.1 Å². The van der Waals surface area contributed by atoms with Gasteiger partial charge in [0.2, 0.25) is 0 Å². The molecule has 3 aromatic carbocycles. The van der Waals surface area contributed by atoms with Crippen LogP contribution in [-0.2, 0) is 33.8 Å². The van der Waals surface area contributed by atoms with Crippen molar-refractivity contribution < 1.29 is 23.9 Å².